The maximum absolute atomic E-state index is 6.55. The first-order valence-corrected chi connectivity index (χ1v) is 11.6. The first-order valence-electron chi connectivity index (χ1n) is 11.2. The van der Waals surface area contributed by atoms with E-state index in [1.807, 2.05) is 43.2 Å². The van der Waals surface area contributed by atoms with E-state index in [0.29, 0.717) is 16.4 Å². The van der Waals surface area contributed by atoms with Crippen molar-refractivity contribution in [3.05, 3.63) is 53.0 Å². The summed E-state index contributed by atoms with van der Waals surface area (Å²) in [5, 5.41) is 13.6. The van der Waals surface area contributed by atoms with E-state index >= 15 is 0 Å². The van der Waals surface area contributed by atoms with Gasteiger partial charge < -0.3 is 16.9 Å². The Labute approximate surface area is 201 Å². The van der Waals surface area contributed by atoms with Crippen LogP contribution in [0.3, 0.4) is 0 Å². The average molecular weight is 474 g/mol. The highest BCUT2D eigenvalue weighted by Gasteiger charge is 2.18. The maximum Gasteiger partial charge on any atom is 0.173 e. The van der Waals surface area contributed by atoms with Crippen molar-refractivity contribution in [3.8, 4) is 11.1 Å². The first kappa shape index (κ1) is 26.4. The number of nitrogens with zero attached hydrogens (tertiary/aromatic N) is 5. The summed E-state index contributed by atoms with van der Waals surface area (Å²) in [6, 6.07) is 2.12. The lowest BCUT2D eigenvalue weighted by Gasteiger charge is -2.21. The highest BCUT2D eigenvalue weighted by molar-refractivity contribution is 6.30. The fourth-order valence-electron chi connectivity index (χ4n) is 3.44. The van der Waals surface area contributed by atoms with Crippen molar-refractivity contribution in [2.75, 3.05) is 25.9 Å². The Morgan fingerprint density at radius 2 is 2.06 bits per heavy atom. The summed E-state index contributed by atoms with van der Waals surface area (Å²) in [4.78, 5) is 4.34. The summed E-state index contributed by atoms with van der Waals surface area (Å²) in [6.07, 6.45) is 12.2. The zero-order valence-electron chi connectivity index (χ0n) is 19.9. The van der Waals surface area contributed by atoms with Crippen LogP contribution in [-0.4, -0.2) is 45.7 Å². The molecule has 0 aliphatic heterocycles. The molecular weight excluding hydrogens is 438 g/mol. The molecule has 0 radical (unpaired) electrons. The van der Waals surface area contributed by atoms with Gasteiger partial charge in [0.05, 0.1) is 24.3 Å². The van der Waals surface area contributed by atoms with Crippen LogP contribution in [0, 0.1) is 0 Å². The summed E-state index contributed by atoms with van der Waals surface area (Å²) in [5.41, 5.74) is 9.44. The quantitative estimate of drug-likeness (QED) is 0.129. The van der Waals surface area contributed by atoms with Gasteiger partial charge in [0, 0.05) is 35.1 Å². The summed E-state index contributed by atoms with van der Waals surface area (Å²) in [6.45, 7) is 7.31. The lowest BCUT2D eigenvalue weighted by molar-refractivity contribution is 0.425. The summed E-state index contributed by atoms with van der Waals surface area (Å²) >= 11 is 6.55. The second kappa shape index (κ2) is 13.0. The van der Waals surface area contributed by atoms with Gasteiger partial charge in [-0.1, -0.05) is 44.5 Å². The number of likely N-dealkylation sites (N-methyl/N-ethyl adjacent to an activating group) is 1. The molecule has 33 heavy (non-hydrogen) atoms. The smallest absolute Gasteiger partial charge is 0.173 e. The summed E-state index contributed by atoms with van der Waals surface area (Å²) < 4.78 is 1.95. The number of nitrogens with one attached hydrogen (secondary N) is 1. The molecule has 0 amide bonds. The van der Waals surface area contributed by atoms with Gasteiger partial charge in [-0.25, -0.2) is 10.8 Å². The largest absolute Gasteiger partial charge is 0.383 e. The summed E-state index contributed by atoms with van der Waals surface area (Å²) in [7, 11) is 1.93. The predicted molar refractivity (Wildman–Crippen MR) is 137 cm³/mol. The first-order chi connectivity index (χ1) is 15.9. The van der Waals surface area contributed by atoms with Gasteiger partial charge in [-0.2, -0.15) is 10.2 Å². The second-order valence-electron chi connectivity index (χ2n) is 7.66. The van der Waals surface area contributed by atoms with Gasteiger partial charge in [0.15, 0.2) is 5.84 Å². The highest BCUT2D eigenvalue weighted by Crippen LogP contribution is 2.25. The maximum atomic E-state index is 6.55. The normalized spacial score (nSPS) is 13.9. The standard InChI is InChI=1S/C23H36ClN9/c1-5-8-9-16(6-2)21(24)15-32(27)23(31-26)20-10-17(11-29-22(20)25)18-12-30-33(14-18)19(7-3)13-28-4/h8-12,14,19,28H,5-7,13,15,26-27H2,1-4H3,(H2,25,29)/b9-8-,21-16+,31-23-. The van der Waals surface area contributed by atoms with E-state index in [9.17, 15) is 0 Å². The number of hydrazine groups is 1. The van der Waals surface area contributed by atoms with E-state index in [-0.39, 0.29) is 18.4 Å². The molecule has 0 saturated carbocycles. The number of allylic oxidation sites excluding steroid dienone is 3. The molecule has 9 nitrogen and oxygen atoms in total. The zero-order chi connectivity index (χ0) is 24.4. The van der Waals surface area contributed by atoms with Crippen LogP contribution >= 0.6 is 11.6 Å². The Hall–Kier alpha value is -2.88. The fourth-order valence-corrected chi connectivity index (χ4v) is 3.77. The van der Waals surface area contributed by atoms with Crippen LogP contribution in [0.5, 0.6) is 0 Å². The van der Waals surface area contributed by atoms with Crippen molar-refractivity contribution in [1.29, 1.82) is 0 Å². The monoisotopic (exact) mass is 473 g/mol. The molecule has 7 N–H and O–H groups in total. The molecule has 0 spiro atoms. The number of aromatic nitrogens is 3. The van der Waals surface area contributed by atoms with Gasteiger partial charge in [-0.05, 0) is 37.9 Å². The third-order valence-corrected chi connectivity index (χ3v) is 5.73. The Morgan fingerprint density at radius 1 is 1.30 bits per heavy atom. The minimum Gasteiger partial charge on any atom is -0.383 e. The molecule has 2 rings (SSSR count). The molecule has 2 aromatic heterocycles. The van der Waals surface area contributed by atoms with Gasteiger partial charge in [-0.15, -0.1) is 0 Å². The van der Waals surface area contributed by atoms with Crippen LogP contribution in [0.1, 0.15) is 51.6 Å². The van der Waals surface area contributed by atoms with Gasteiger partial charge >= 0.3 is 0 Å². The molecule has 0 aromatic carbocycles. The Morgan fingerprint density at radius 3 is 2.67 bits per heavy atom. The molecule has 0 aliphatic carbocycles. The third-order valence-electron chi connectivity index (χ3n) is 5.37. The zero-order valence-corrected chi connectivity index (χ0v) is 20.7. The minimum atomic E-state index is 0.235. The van der Waals surface area contributed by atoms with Crippen molar-refractivity contribution in [3.63, 3.8) is 0 Å². The molecule has 0 fully saturated rings. The van der Waals surface area contributed by atoms with Crippen molar-refractivity contribution in [1.82, 2.24) is 25.1 Å². The number of hydrazone groups is 1. The van der Waals surface area contributed by atoms with E-state index in [1.54, 1.807) is 6.20 Å². The number of amidine groups is 1. The van der Waals surface area contributed by atoms with Crippen LogP contribution < -0.4 is 22.7 Å². The van der Waals surface area contributed by atoms with Gasteiger partial charge in [0.1, 0.15) is 5.82 Å². The SMILES string of the molecule is CC/C=C\C(CC)=C(\Cl)CN(N)/C(=N\N)c1cc(-c2cnn(C(CC)CNC)c2)cnc1N. The number of rotatable bonds is 11. The van der Waals surface area contributed by atoms with Crippen LogP contribution in [-0.2, 0) is 0 Å². The van der Waals surface area contributed by atoms with E-state index in [2.05, 4.69) is 40.4 Å². The number of pyridine rings is 1. The molecule has 10 heteroatoms. The number of halogens is 1. The van der Waals surface area contributed by atoms with E-state index < -0.39 is 0 Å². The van der Waals surface area contributed by atoms with E-state index in [1.165, 1.54) is 5.01 Å². The van der Waals surface area contributed by atoms with Crippen molar-refractivity contribution in [2.45, 2.75) is 46.1 Å². The number of nitrogens with two attached hydrogens (primary N) is 3. The van der Waals surface area contributed by atoms with Gasteiger partial charge in [0.2, 0.25) is 0 Å². The number of nitrogen functional groups attached to an aromatic ring is 1. The average Bonchev–Trinajstić information content (AvgIpc) is 3.29. The second-order valence-corrected chi connectivity index (χ2v) is 8.12. The predicted octanol–water partition coefficient (Wildman–Crippen LogP) is 3.36. The lowest BCUT2D eigenvalue weighted by atomic mass is 10.1. The summed E-state index contributed by atoms with van der Waals surface area (Å²) in [5.74, 6) is 12.6. The van der Waals surface area contributed by atoms with E-state index in [4.69, 9.17) is 29.0 Å². The van der Waals surface area contributed by atoms with Crippen LogP contribution in [0.2, 0.25) is 0 Å². The third kappa shape index (κ3) is 6.80. The molecule has 1 atom stereocenters. The fraction of sp³-hybridized carbons (Fsp3) is 0.435. The Bertz CT molecular complexity index is 994. The Kier molecular flexibility index (Phi) is 10.4. The molecule has 1 unspecified atom stereocenters. The molecule has 2 heterocycles. The highest BCUT2D eigenvalue weighted by atomic mass is 35.5. The van der Waals surface area contributed by atoms with E-state index in [0.717, 1.165) is 42.5 Å². The van der Waals surface area contributed by atoms with Crippen molar-refractivity contribution >= 4 is 23.3 Å². The molecule has 0 saturated heterocycles. The molecular formula is C23H36ClN9. The molecule has 0 bridgehead atoms. The van der Waals surface area contributed by atoms with Crippen LogP contribution in [0.4, 0.5) is 5.82 Å². The van der Waals surface area contributed by atoms with Crippen LogP contribution in [0.15, 0.2) is 52.5 Å². The van der Waals surface area contributed by atoms with Gasteiger partial charge in [-0.3, -0.25) is 9.69 Å². The van der Waals surface area contributed by atoms with Crippen LogP contribution in [0.25, 0.3) is 11.1 Å². The van der Waals surface area contributed by atoms with Crippen molar-refractivity contribution in [2.24, 2.45) is 16.8 Å². The molecule has 2 aromatic rings. The Balaban J connectivity index is 2.34. The minimum absolute atomic E-state index is 0.235. The number of hydrogen-bond acceptors (Lipinski definition) is 7. The topological polar surface area (TPSA) is 136 Å². The molecule has 180 valence electrons. The lowest BCUT2D eigenvalue weighted by Crippen LogP contribution is -2.40. The number of hydrogen-bond donors (Lipinski definition) is 4. The number of anilines is 1. The molecule has 0 aliphatic rings. The van der Waals surface area contributed by atoms with Gasteiger partial charge in [0.25, 0.3) is 0 Å². The van der Waals surface area contributed by atoms with Crippen molar-refractivity contribution < 1.29 is 0 Å².